The van der Waals surface area contributed by atoms with E-state index in [-0.39, 0.29) is 0 Å². The van der Waals surface area contributed by atoms with Gasteiger partial charge in [-0.05, 0) is 24.6 Å². The van der Waals surface area contributed by atoms with Crippen molar-refractivity contribution in [3.8, 4) is 5.75 Å². The fraction of sp³-hybridized carbons (Fsp3) is 0.294. The second-order valence-corrected chi connectivity index (χ2v) is 6.47. The van der Waals surface area contributed by atoms with Gasteiger partial charge in [-0.25, -0.2) is 9.78 Å². The first-order valence-electron chi connectivity index (χ1n) is 7.45. The summed E-state index contributed by atoms with van der Waals surface area (Å²) in [6.45, 7) is 3.84. The van der Waals surface area contributed by atoms with Gasteiger partial charge in [0.1, 0.15) is 17.2 Å². The number of benzene rings is 1. The highest BCUT2D eigenvalue weighted by molar-refractivity contribution is 7.13. The van der Waals surface area contributed by atoms with Gasteiger partial charge in [0.2, 0.25) is 0 Å². The zero-order valence-corrected chi connectivity index (χ0v) is 13.7. The van der Waals surface area contributed by atoms with E-state index >= 15 is 0 Å². The summed E-state index contributed by atoms with van der Waals surface area (Å²) < 4.78 is 5.71. The fourth-order valence-corrected chi connectivity index (χ4v) is 3.37. The van der Waals surface area contributed by atoms with Crippen LogP contribution in [0.2, 0.25) is 0 Å². The van der Waals surface area contributed by atoms with Gasteiger partial charge in [-0.1, -0.05) is 18.2 Å². The number of carboxylic acid groups (broad SMARTS) is 1. The van der Waals surface area contributed by atoms with Gasteiger partial charge in [0.05, 0.1) is 10.7 Å². The number of ether oxygens (including phenoxy) is 1. The van der Waals surface area contributed by atoms with E-state index in [9.17, 15) is 4.79 Å². The lowest BCUT2D eigenvalue weighted by molar-refractivity contribution is 0.0701. The first-order valence-corrected chi connectivity index (χ1v) is 8.26. The van der Waals surface area contributed by atoms with E-state index in [0.717, 1.165) is 35.8 Å². The molecule has 2 heterocycles. The molecule has 1 aliphatic rings. The van der Waals surface area contributed by atoms with E-state index in [1.165, 1.54) is 16.9 Å². The van der Waals surface area contributed by atoms with Crippen LogP contribution in [0.5, 0.6) is 5.75 Å². The first kappa shape index (κ1) is 15.7. The van der Waals surface area contributed by atoms with Gasteiger partial charge >= 0.3 is 5.97 Å². The Bertz CT molecular complexity index is 752. The number of rotatable bonds is 6. The Balaban J connectivity index is 1.50. The molecule has 0 fully saturated rings. The van der Waals surface area contributed by atoms with Gasteiger partial charge in [0, 0.05) is 25.1 Å². The van der Waals surface area contributed by atoms with Crippen molar-refractivity contribution >= 4 is 23.4 Å². The Morgan fingerprint density at radius 2 is 2.26 bits per heavy atom. The quantitative estimate of drug-likeness (QED) is 0.797. The second kappa shape index (κ2) is 6.93. The predicted molar refractivity (Wildman–Crippen MR) is 90.3 cm³/mol. The van der Waals surface area contributed by atoms with Crippen molar-refractivity contribution < 1.29 is 14.6 Å². The molecule has 3 rings (SSSR count). The number of para-hydroxylation sites is 1. The van der Waals surface area contributed by atoms with Crippen LogP contribution in [0.3, 0.4) is 0 Å². The van der Waals surface area contributed by atoms with Crippen molar-refractivity contribution in [1.29, 1.82) is 0 Å². The zero-order chi connectivity index (χ0) is 16.2. The van der Waals surface area contributed by atoms with Gasteiger partial charge in [0.25, 0.3) is 0 Å². The lowest BCUT2D eigenvalue weighted by Crippen LogP contribution is -2.23. The Labute approximate surface area is 138 Å². The van der Waals surface area contributed by atoms with Crippen LogP contribution < -0.4 is 10.1 Å². The third kappa shape index (κ3) is 3.78. The molecule has 5 nitrogen and oxygen atoms in total. The number of fused-ring (bicyclic) bond motifs is 1. The summed E-state index contributed by atoms with van der Waals surface area (Å²) in [6, 6.07) is 7.98. The molecule has 1 aromatic heterocycles. The molecule has 0 amide bonds. The molecule has 0 unspecified atom stereocenters. The smallest absolute Gasteiger partial charge is 0.347 e. The standard InChI is InChI=1S/C17H18N2O3S/c1-11-16(17(20)21)23-15(19-11)6-7-18-9-12-8-13-4-2-3-5-14(13)22-10-12/h2-5,8,18H,6-7,9-10H2,1H3,(H,20,21). The minimum Gasteiger partial charge on any atom is -0.489 e. The topological polar surface area (TPSA) is 71.5 Å². The number of hydrogen-bond donors (Lipinski definition) is 2. The molecule has 0 saturated heterocycles. The van der Waals surface area contributed by atoms with Crippen LogP contribution in [0.1, 0.15) is 25.9 Å². The summed E-state index contributed by atoms with van der Waals surface area (Å²) in [7, 11) is 0. The van der Waals surface area contributed by atoms with Crippen molar-refractivity contribution in [2.75, 3.05) is 19.7 Å². The van der Waals surface area contributed by atoms with E-state index in [0.29, 0.717) is 17.2 Å². The average molecular weight is 330 g/mol. The largest absolute Gasteiger partial charge is 0.489 e. The number of aromatic nitrogens is 1. The van der Waals surface area contributed by atoms with E-state index in [2.05, 4.69) is 16.4 Å². The molecule has 6 heteroatoms. The van der Waals surface area contributed by atoms with Crippen LogP contribution in [-0.4, -0.2) is 35.8 Å². The van der Waals surface area contributed by atoms with E-state index in [1.807, 2.05) is 24.3 Å². The molecular weight excluding hydrogens is 312 g/mol. The van der Waals surface area contributed by atoms with Crippen molar-refractivity contribution in [3.63, 3.8) is 0 Å². The number of nitrogens with zero attached hydrogens (tertiary/aromatic N) is 1. The van der Waals surface area contributed by atoms with Gasteiger partial charge in [-0.15, -0.1) is 11.3 Å². The highest BCUT2D eigenvalue weighted by atomic mass is 32.1. The lowest BCUT2D eigenvalue weighted by Gasteiger charge is -2.18. The molecule has 2 N–H and O–H groups in total. The monoisotopic (exact) mass is 330 g/mol. The highest BCUT2D eigenvalue weighted by Gasteiger charge is 2.14. The summed E-state index contributed by atoms with van der Waals surface area (Å²) in [5.41, 5.74) is 2.90. The Hall–Kier alpha value is -2.18. The molecule has 1 aliphatic heterocycles. The first-order chi connectivity index (χ1) is 11.1. The molecular formula is C17H18N2O3S. The van der Waals surface area contributed by atoms with Gasteiger partial charge in [-0.3, -0.25) is 0 Å². The third-order valence-electron chi connectivity index (χ3n) is 3.59. The molecule has 0 spiro atoms. The number of aryl methyl sites for hydroxylation is 1. The Morgan fingerprint density at radius 3 is 3.04 bits per heavy atom. The number of carbonyl (C=O) groups is 1. The number of nitrogens with one attached hydrogen (secondary N) is 1. The van der Waals surface area contributed by atoms with Crippen LogP contribution in [0, 0.1) is 6.92 Å². The Morgan fingerprint density at radius 1 is 1.43 bits per heavy atom. The lowest BCUT2D eigenvalue weighted by atomic mass is 10.1. The normalized spacial score (nSPS) is 13.2. The van der Waals surface area contributed by atoms with Crippen molar-refractivity contribution in [2.45, 2.75) is 13.3 Å². The molecule has 0 saturated carbocycles. The summed E-state index contributed by atoms with van der Waals surface area (Å²) in [6.07, 6.45) is 2.88. The van der Waals surface area contributed by atoms with Gasteiger partial charge in [-0.2, -0.15) is 0 Å². The summed E-state index contributed by atoms with van der Waals surface area (Å²) >= 11 is 1.25. The van der Waals surface area contributed by atoms with E-state index in [1.54, 1.807) is 6.92 Å². The molecule has 120 valence electrons. The molecule has 2 aromatic rings. The minimum absolute atomic E-state index is 0.333. The van der Waals surface area contributed by atoms with Crippen LogP contribution >= 0.6 is 11.3 Å². The highest BCUT2D eigenvalue weighted by Crippen LogP contribution is 2.25. The van der Waals surface area contributed by atoms with Crippen molar-refractivity contribution in [3.05, 3.63) is 51.0 Å². The summed E-state index contributed by atoms with van der Waals surface area (Å²) in [5, 5.41) is 13.3. The molecule has 23 heavy (non-hydrogen) atoms. The maximum Gasteiger partial charge on any atom is 0.347 e. The second-order valence-electron chi connectivity index (χ2n) is 5.38. The molecule has 0 atom stereocenters. The van der Waals surface area contributed by atoms with Crippen LogP contribution in [0.15, 0.2) is 29.8 Å². The predicted octanol–water partition coefficient (Wildman–Crippen LogP) is 2.76. The molecule has 0 bridgehead atoms. The van der Waals surface area contributed by atoms with E-state index in [4.69, 9.17) is 9.84 Å². The van der Waals surface area contributed by atoms with Crippen molar-refractivity contribution in [2.24, 2.45) is 0 Å². The fourth-order valence-electron chi connectivity index (χ4n) is 2.47. The molecule has 0 aliphatic carbocycles. The average Bonchev–Trinajstić information content (AvgIpc) is 2.92. The van der Waals surface area contributed by atoms with Crippen LogP contribution in [0.4, 0.5) is 0 Å². The Kier molecular flexibility index (Phi) is 4.73. The number of aromatic carboxylic acids is 1. The van der Waals surface area contributed by atoms with Crippen LogP contribution in [0.25, 0.3) is 6.08 Å². The third-order valence-corrected chi connectivity index (χ3v) is 4.80. The maximum atomic E-state index is 11.0. The van der Waals surface area contributed by atoms with Crippen molar-refractivity contribution in [1.82, 2.24) is 10.3 Å². The number of hydrogen-bond acceptors (Lipinski definition) is 5. The number of thiazole rings is 1. The summed E-state index contributed by atoms with van der Waals surface area (Å²) in [4.78, 5) is 15.6. The van der Waals surface area contributed by atoms with E-state index < -0.39 is 5.97 Å². The van der Waals surface area contributed by atoms with Gasteiger partial charge in [0.15, 0.2) is 0 Å². The zero-order valence-electron chi connectivity index (χ0n) is 12.8. The number of carboxylic acids is 1. The maximum absolute atomic E-state index is 11.0. The molecule has 0 radical (unpaired) electrons. The summed E-state index contributed by atoms with van der Waals surface area (Å²) in [5.74, 6) is 0.0260. The molecule has 1 aromatic carbocycles. The SMILES string of the molecule is Cc1nc(CCNCC2=Cc3ccccc3OC2)sc1C(=O)O. The minimum atomic E-state index is -0.901. The van der Waals surface area contributed by atoms with Crippen LogP contribution in [-0.2, 0) is 6.42 Å². The van der Waals surface area contributed by atoms with Gasteiger partial charge < -0.3 is 15.2 Å².